The summed E-state index contributed by atoms with van der Waals surface area (Å²) in [4.78, 5) is 23.6. The first-order valence-corrected chi connectivity index (χ1v) is 5.61. The molecule has 0 saturated carbocycles. The van der Waals surface area contributed by atoms with E-state index in [-0.39, 0.29) is 17.7 Å². The number of carbonyl (C=O) groups is 1. The molecular weight excluding hydrogens is 232 g/mol. The predicted molar refractivity (Wildman–Crippen MR) is 69.6 cm³/mol. The van der Waals surface area contributed by atoms with E-state index in [1.165, 1.54) is 10.6 Å². The first kappa shape index (κ1) is 12.2. The normalized spacial score (nSPS) is 10.6. The highest BCUT2D eigenvalue weighted by molar-refractivity contribution is 6.07. The van der Waals surface area contributed by atoms with E-state index in [9.17, 15) is 9.59 Å². The second-order valence-corrected chi connectivity index (χ2v) is 3.92. The van der Waals surface area contributed by atoms with E-state index >= 15 is 0 Å². The van der Waals surface area contributed by atoms with Gasteiger partial charge in [0.25, 0.3) is 5.56 Å². The van der Waals surface area contributed by atoms with Gasteiger partial charge in [-0.05, 0) is 24.4 Å². The van der Waals surface area contributed by atoms with Crippen LogP contribution in [0.1, 0.15) is 17.3 Å². The molecule has 1 aromatic carbocycles. The lowest BCUT2D eigenvalue weighted by atomic mass is 10.1. The third kappa shape index (κ3) is 1.84. The number of carbonyl (C=O) groups excluding carboxylic acids is 1. The minimum Gasteiger partial charge on any atom is -0.462 e. The Morgan fingerprint density at radius 1 is 1.33 bits per heavy atom. The van der Waals surface area contributed by atoms with Crippen molar-refractivity contribution in [2.75, 3.05) is 12.3 Å². The number of nitrogen functional groups attached to an aromatic ring is 1. The number of nitrogens with two attached hydrogens (primary N) is 1. The van der Waals surface area contributed by atoms with Crippen LogP contribution in [-0.4, -0.2) is 17.1 Å². The standard InChI is InChI=1S/C13H14N2O3/c1-3-18-13(17)11-9(14)6-4-8-5-7-10(16)15(2)12(8)11/h4-7H,3,14H2,1-2H3. The van der Waals surface area contributed by atoms with Gasteiger partial charge in [0.1, 0.15) is 5.56 Å². The van der Waals surface area contributed by atoms with Crippen LogP contribution < -0.4 is 11.3 Å². The highest BCUT2D eigenvalue weighted by Gasteiger charge is 2.17. The van der Waals surface area contributed by atoms with Crippen LogP contribution in [0.4, 0.5) is 5.69 Å². The van der Waals surface area contributed by atoms with Crippen molar-refractivity contribution < 1.29 is 9.53 Å². The van der Waals surface area contributed by atoms with Crippen LogP contribution in [0.2, 0.25) is 0 Å². The monoisotopic (exact) mass is 246 g/mol. The molecular formula is C13H14N2O3. The Balaban J connectivity index is 2.85. The SMILES string of the molecule is CCOC(=O)c1c(N)ccc2ccc(=O)n(C)c12. The van der Waals surface area contributed by atoms with Crippen molar-refractivity contribution >= 4 is 22.6 Å². The Morgan fingerprint density at radius 3 is 2.67 bits per heavy atom. The van der Waals surface area contributed by atoms with Gasteiger partial charge < -0.3 is 15.0 Å². The number of rotatable bonds is 2. The average molecular weight is 246 g/mol. The van der Waals surface area contributed by atoms with Crippen LogP contribution >= 0.6 is 0 Å². The summed E-state index contributed by atoms with van der Waals surface area (Å²) in [5.74, 6) is -0.512. The fourth-order valence-electron chi connectivity index (χ4n) is 1.92. The lowest BCUT2D eigenvalue weighted by molar-refractivity contribution is 0.0529. The zero-order chi connectivity index (χ0) is 13.3. The molecule has 1 heterocycles. The number of hydrogen-bond donors (Lipinski definition) is 1. The van der Waals surface area contributed by atoms with Crippen molar-refractivity contribution in [1.82, 2.24) is 4.57 Å². The zero-order valence-corrected chi connectivity index (χ0v) is 10.3. The number of nitrogens with zero attached hydrogens (tertiary/aromatic N) is 1. The van der Waals surface area contributed by atoms with Gasteiger partial charge in [0.15, 0.2) is 0 Å². The predicted octanol–water partition coefficient (Wildman–Crippen LogP) is 1.30. The summed E-state index contributed by atoms with van der Waals surface area (Å²) in [5.41, 5.74) is 6.68. The number of aryl methyl sites for hydroxylation is 1. The first-order valence-electron chi connectivity index (χ1n) is 5.61. The van der Waals surface area contributed by atoms with Crippen LogP contribution in [0.15, 0.2) is 29.1 Å². The number of ether oxygens (including phenoxy) is 1. The van der Waals surface area contributed by atoms with Crippen LogP contribution in [0.25, 0.3) is 10.9 Å². The van der Waals surface area contributed by atoms with Gasteiger partial charge in [0.05, 0.1) is 12.1 Å². The Labute approximate surface area is 104 Å². The molecule has 0 radical (unpaired) electrons. The Kier molecular flexibility index (Phi) is 3.06. The Hall–Kier alpha value is -2.30. The van der Waals surface area contributed by atoms with E-state index in [1.807, 2.05) is 0 Å². The topological polar surface area (TPSA) is 74.3 Å². The molecule has 2 rings (SSSR count). The fourth-order valence-corrected chi connectivity index (χ4v) is 1.92. The van der Waals surface area contributed by atoms with Crippen LogP contribution in [0.3, 0.4) is 0 Å². The molecule has 0 saturated heterocycles. The molecule has 0 aliphatic rings. The smallest absolute Gasteiger partial charge is 0.342 e. The van der Waals surface area contributed by atoms with Crippen LogP contribution in [0.5, 0.6) is 0 Å². The fraction of sp³-hybridized carbons (Fsp3) is 0.231. The van der Waals surface area contributed by atoms with Gasteiger partial charge in [-0.2, -0.15) is 0 Å². The molecule has 0 amide bonds. The summed E-state index contributed by atoms with van der Waals surface area (Å²) in [6.07, 6.45) is 0. The minimum absolute atomic E-state index is 0.196. The molecule has 0 aliphatic heterocycles. The molecule has 0 spiro atoms. The van der Waals surface area contributed by atoms with E-state index < -0.39 is 5.97 Å². The number of pyridine rings is 1. The summed E-state index contributed by atoms with van der Waals surface area (Å²) in [6.45, 7) is 1.98. The highest BCUT2D eigenvalue weighted by atomic mass is 16.5. The molecule has 0 aliphatic carbocycles. The lowest BCUT2D eigenvalue weighted by Gasteiger charge is -2.12. The third-order valence-electron chi connectivity index (χ3n) is 2.79. The van der Waals surface area contributed by atoms with E-state index in [1.54, 1.807) is 32.2 Å². The number of hydrogen-bond acceptors (Lipinski definition) is 4. The zero-order valence-electron chi connectivity index (χ0n) is 10.3. The largest absolute Gasteiger partial charge is 0.462 e. The van der Waals surface area contributed by atoms with Gasteiger partial charge in [-0.15, -0.1) is 0 Å². The molecule has 1 aromatic heterocycles. The molecule has 5 heteroatoms. The highest BCUT2D eigenvalue weighted by Crippen LogP contribution is 2.23. The second-order valence-electron chi connectivity index (χ2n) is 3.92. The van der Waals surface area contributed by atoms with Gasteiger partial charge in [0, 0.05) is 18.8 Å². The molecule has 0 bridgehead atoms. The van der Waals surface area contributed by atoms with Crippen molar-refractivity contribution in [3.05, 3.63) is 40.2 Å². The van der Waals surface area contributed by atoms with Crippen molar-refractivity contribution in [3.8, 4) is 0 Å². The minimum atomic E-state index is -0.512. The van der Waals surface area contributed by atoms with Gasteiger partial charge >= 0.3 is 5.97 Å². The molecule has 0 unspecified atom stereocenters. The molecule has 5 nitrogen and oxygen atoms in total. The maximum absolute atomic E-state index is 11.9. The Morgan fingerprint density at radius 2 is 2.00 bits per heavy atom. The summed E-state index contributed by atoms with van der Waals surface area (Å²) >= 11 is 0. The van der Waals surface area contributed by atoms with Crippen molar-refractivity contribution in [1.29, 1.82) is 0 Å². The van der Waals surface area contributed by atoms with Gasteiger partial charge in [-0.1, -0.05) is 6.07 Å². The van der Waals surface area contributed by atoms with E-state index in [4.69, 9.17) is 10.5 Å². The quantitative estimate of drug-likeness (QED) is 0.640. The summed E-state index contributed by atoms with van der Waals surface area (Å²) < 4.78 is 6.38. The van der Waals surface area contributed by atoms with Crippen molar-refractivity contribution in [2.45, 2.75) is 6.92 Å². The van der Waals surface area contributed by atoms with Gasteiger partial charge in [-0.3, -0.25) is 4.79 Å². The molecule has 94 valence electrons. The molecule has 2 aromatic rings. The third-order valence-corrected chi connectivity index (χ3v) is 2.79. The van der Waals surface area contributed by atoms with Crippen molar-refractivity contribution in [2.24, 2.45) is 7.05 Å². The van der Waals surface area contributed by atoms with Gasteiger partial charge in [0.2, 0.25) is 0 Å². The average Bonchev–Trinajstić information content (AvgIpc) is 2.34. The van der Waals surface area contributed by atoms with Crippen LogP contribution in [0, 0.1) is 0 Å². The van der Waals surface area contributed by atoms with E-state index in [2.05, 4.69) is 0 Å². The molecule has 2 N–H and O–H groups in total. The van der Waals surface area contributed by atoms with E-state index in [0.29, 0.717) is 11.2 Å². The molecule has 0 fully saturated rings. The molecule has 18 heavy (non-hydrogen) atoms. The number of anilines is 1. The van der Waals surface area contributed by atoms with Crippen LogP contribution in [-0.2, 0) is 11.8 Å². The number of fused-ring (bicyclic) bond motifs is 1. The first-order chi connectivity index (χ1) is 8.56. The van der Waals surface area contributed by atoms with E-state index in [0.717, 1.165) is 5.39 Å². The summed E-state index contributed by atoms with van der Waals surface area (Å²) in [6, 6.07) is 6.53. The lowest BCUT2D eigenvalue weighted by Crippen LogP contribution is -2.19. The summed E-state index contributed by atoms with van der Waals surface area (Å²) in [7, 11) is 1.60. The summed E-state index contributed by atoms with van der Waals surface area (Å²) in [5, 5.41) is 0.773. The maximum atomic E-state index is 11.9. The second kappa shape index (κ2) is 4.52. The number of benzene rings is 1. The van der Waals surface area contributed by atoms with Crippen molar-refractivity contribution in [3.63, 3.8) is 0 Å². The maximum Gasteiger partial charge on any atom is 0.342 e. The molecule has 0 atom stereocenters. The Bertz CT molecular complexity index is 674. The number of aromatic nitrogens is 1. The van der Waals surface area contributed by atoms with Gasteiger partial charge in [-0.25, -0.2) is 4.79 Å². The number of esters is 1.